The second-order valence-corrected chi connectivity index (χ2v) is 5.93. The van der Waals surface area contributed by atoms with Crippen molar-refractivity contribution in [1.82, 2.24) is 0 Å². The van der Waals surface area contributed by atoms with Gasteiger partial charge in [0.2, 0.25) is 10.0 Å². The standard InChI is InChI=1S/C14H15NO4S/c16-9-10-20(17,18)15-12-5-4-8-14(11-12)19-13-6-2-1-3-7-13/h1-8,11,15-16H,9-10H2. The first-order valence-electron chi connectivity index (χ1n) is 6.03. The van der Waals surface area contributed by atoms with E-state index in [1.807, 2.05) is 30.3 Å². The zero-order valence-corrected chi connectivity index (χ0v) is 11.5. The number of nitrogens with one attached hydrogen (secondary N) is 1. The Morgan fingerprint density at radius 3 is 2.40 bits per heavy atom. The van der Waals surface area contributed by atoms with Crippen LogP contribution in [0.1, 0.15) is 0 Å². The molecule has 2 aromatic rings. The second kappa shape index (κ2) is 6.40. The van der Waals surface area contributed by atoms with Crippen LogP contribution < -0.4 is 9.46 Å². The summed E-state index contributed by atoms with van der Waals surface area (Å²) >= 11 is 0. The molecule has 6 heteroatoms. The van der Waals surface area contributed by atoms with Gasteiger partial charge in [-0.2, -0.15) is 0 Å². The highest BCUT2D eigenvalue weighted by atomic mass is 32.2. The van der Waals surface area contributed by atoms with E-state index < -0.39 is 16.6 Å². The van der Waals surface area contributed by atoms with Crippen molar-refractivity contribution < 1.29 is 18.3 Å². The Bertz CT molecular complexity index is 656. The Morgan fingerprint density at radius 2 is 1.70 bits per heavy atom. The molecular weight excluding hydrogens is 278 g/mol. The summed E-state index contributed by atoms with van der Waals surface area (Å²) in [5.74, 6) is 0.861. The maximum atomic E-state index is 11.6. The summed E-state index contributed by atoms with van der Waals surface area (Å²) in [4.78, 5) is 0. The number of hydrogen-bond donors (Lipinski definition) is 2. The van der Waals surface area contributed by atoms with Gasteiger partial charge >= 0.3 is 0 Å². The Morgan fingerprint density at radius 1 is 1.00 bits per heavy atom. The van der Waals surface area contributed by atoms with Crippen molar-refractivity contribution >= 4 is 15.7 Å². The minimum Gasteiger partial charge on any atom is -0.457 e. The van der Waals surface area contributed by atoms with Gasteiger partial charge in [0.05, 0.1) is 18.0 Å². The van der Waals surface area contributed by atoms with Crippen molar-refractivity contribution in [2.75, 3.05) is 17.1 Å². The van der Waals surface area contributed by atoms with E-state index in [2.05, 4.69) is 4.72 Å². The molecule has 0 aliphatic carbocycles. The van der Waals surface area contributed by atoms with Crippen LogP contribution in [0, 0.1) is 0 Å². The van der Waals surface area contributed by atoms with E-state index in [-0.39, 0.29) is 5.75 Å². The largest absolute Gasteiger partial charge is 0.457 e. The molecule has 0 saturated carbocycles. The van der Waals surface area contributed by atoms with Gasteiger partial charge in [0.1, 0.15) is 11.5 Å². The average molecular weight is 293 g/mol. The number of anilines is 1. The molecule has 0 saturated heterocycles. The molecule has 106 valence electrons. The summed E-state index contributed by atoms with van der Waals surface area (Å²) in [5, 5.41) is 8.69. The third-order valence-electron chi connectivity index (χ3n) is 2.45. The van der Waals surface area contributed by atoms with Gasteiger partial charge in [-0.1, -0.05) is 24.3 Å². The van der Waals surface area contributed by atoms with Gasteiger partial charge in [-0.25, -0.2) is 8.42 Å². The molecule has 20 heavy (non-hydrogen) atoms. The first-order chi connectivity index (χ1) is 9.59. The molecule has 0 spiro atoms. The number of aliphatic hydroxyl groups excluding tert-OH is 1. The van der Waals surface area contributed by atoms with Crippen molar-refractivity contribution in [2.45, 2.75) is 0 Å². The van der Waals surface area contributed by atoms with Crippen molar-refractivity contribution in [3.63, 3.8) is 0 Å². The first kappa shape index (κ1) is 14.4. The molecule has 0 aliphatic heterocycles. The van der Waals surface area contributed by atoms with Crippen molar-refractivity contribution in [1.29, 1.82) is 0 Å². The molecule has 0 amide bonds. The number of aliphatic hydroxyl groups is 1. The SMILES string of the molecule is O=S(=O)(CCO)Nc1cccc(Oc2ccccc2)c1. The third kappa shape index (κ3) is 4.25. The molecule has 5 nitrogen and oxygen atoms in total. The molecule has 0 fully saturated rings. The van der Waals surface area contributed by atoms with Gasteiger partial charge in [-0.15, -0.1) is 0 Å². The molecule has 2 rings (SSSR count). The van der Waals surface area contributed by atoms with Crippen LogP contribution in [0.4, 0.5) is 5.69 Å². The average Bonchev–Trinajstić information content (AvgIpc) is 2.39. The number of para-hydroxylation sites is 1. The molecule has 0 bridgehead atoms. The van der Waals surface area contributed by atoms with E-state index in [1.54, 1.807) is 24.3 Å². The van der Waals surface area contributed by atoms with Crippen LogP contribution >= 0.6 is 0 Å². The summed E-state index contributed by atoms with van der Waals surface area (Å²) in [6.07, 6.45) is 0. The fraction of sp³-hybridized carbons (Fsp3) is 0.143. The zero-order chi connectivity index (χ0) is 14.4. The minimum atomic E-state index is -3.53. The molecular formula is C14H15NO4S. The van der Waals surface area contributed by atoms with Crippen molar-refractivity contribution in [3.8, 4) is 11.5 Å². The predicted octanol–water partition coefficient (Wildman–Crippen LogP) is 2.21. The van der Waals surface area contributed by atoms with E-state index in [9.17, 15) is 8.42 Å². The van der Waals surface area contributed by atoms with Gasteiger partial charge in [0.15, 0.2) is 0 Å². The Labute approximate surface area is 117 Å². The smallest absolute Gasteiger partial charge is 0.234 e. The number of ether oxygens (including phenoxy) is 1. The van der Waals surface area contributed by atoms with E-state index in [0.717, 1.165) is 0 Å². The predicted molar refractivity (Wildman–Crippen MR) is 77.5 cm³/mol. The summed E-state index contributed by atoms with van der Waals surface area (Å²) in [6, 6.07) is 15.8. The maximum absolute atomic E-state index is 11.6. The fourth-order valence-electron chi connectivity index (χ4n) is 1.60. The van der Waals surface area contributed by atoms with Crippen LogP contribution in [0.3, 0.4) is 0 Å². The molecule has 0 aliphatic rings. The Hall–Kier alpha value is -2.05. The van der Waals surface area contributed by atoms with Crippen LogP contribution in [0.5, 0.6) is 11.5 Å². The Kier molecular flexibility index (Phi) is 4.60. The third-order valence-corrected chi connectivity index (χ3v) is 3.71. The molecule has 2 aromatic carbocycles. The van der Waals surface area contributed by atoms with Crippen LogP contribution in [0.15, 0.2) is 54.6 Å². The van der Waals surface area contributed by atoms with Crippen molar-refractivity contribution in [3.05, 3.63) is 54.6 Å². The number of sulfonamides is 1. The normalized spacial score (nSPS) is 11.1. The van der Waals surface area contributed by atoms with Crippen LogP contribution in [0.2, 0.25) is 0 Å². The lowest BCUT2D eigenvalue weighted by Gasteiger charge is -2.09. The topological polar surface area (TPSA) is 75.6 Å². The Balaban J connectivity index is 2.12. The maximum Gasteiger partial charge on any atom is 0.234 e. The minimum absolute atomic E-state index is 0.337. The molecule has 0 unspecified atom stereocenters. The molecule has 0 heterocycles. The van der Waals surface area contributed by atoms with E-state index in [4.69, 9.17) is 9.84 Å². The highest BCUT2D eigenvalue weighted by molar-refractivity contribution is 7.92. The molecule has 0 aromatic heterocycles. The lowest BCUT2D eigenvalue weighted by atomic mass is 10.3. The highest BCUT2D eigenvalue weighted by Crippen LogP contribution is 2.24. The molecule has 0 atom stereocenters. The highest BCUT2D eigenvalue weighted by Gasteiger charge is 2.09. The van der Waals surface area contributed by atoms with Gasteiger partial charge in [-0.3, -0.25) is 4.72 Å². The van der Waals surface area contributed by atoms with Crippen LogP contribution in [-0.2, 0) is 10.0 Å². The van der Waals surface area contributed by atoms with Gasteiger partial charge in [0, 0.05) is 6.07 Å². The first-order valence-corrected chi connectivity index (χ1v) is 7.68. The van der Waals surface area contributed by atoms with E-state index in [0.29, 0.717) is 17.2 Å². The second-order valence-electron chi connectivity index (χ2n) is 4.09. The fourth-order valence-corrected chi connectivity index (χ4v) is 2.43. The number of hydrogen-bond acceptors (Lipinski definition) is 4. The van der Waals surface area contributed by atoms with E-state index in [1.165, 1.54) is 0 Å². The lowest BCUT2D eigenvalue weighted by Crippen LogP contribution is -2.18. The number of rotatable bonds is 6. The van der Waals surface area contributed by atoms with E-state index >= 15 is 0 Å². The summed E-state index contributed by atoms with van der Waals surface area (Å²) in [6.45, 7) is -0.421. The van der Waals surface area contributed by atoms with Crippen molar-refractivity contribution in [2.24, 2.45) is 0 Å². The quantitative estimate of drug-likeness (QED) is 0.856. The monoisotopic (exact) mass is 293 g/mol. The molecule has 2 N–H and O–H groups in total. The molecule has 0 radical (unpaired) electrons. The van der Waals surface area contributed by atoms with Gasteiger partial charge < -0.3 is 9.84 Å². The summed E-state index contributed by atoms with van der Waals surface area (Å²) < 4.78 is 31.1. The van der Waals surface area contributed by atoms with Crippen LogP contribution in [0.25, 0.3) is 0 Å². The van der Waals surface area contributed by atoms with Crippen LogP contribution in [-0.4, -0.2) is 25.9 Å². The summed E-state index contributed by atoms with van der Waals surface area (Å²) in [5.41, 5.74) is 0.395. The number of benzene rings is 2. The summed E-state index contributed by atoms with van der Waals surface area (Å²) in [7, 11) is -3.53. The van der Waals surface area contributed by atoms with Gasteiger partial charge in [-0.05, 0) is 24.3 Å². The van der Waals surface area contributed by atoms with Gasteiger partial charge in [0.25, 0.3) is 0 Å². The zero-order valence-electron chi connectivity index (χ0n) is 10.7. The lowest BCUT2D eigenvalue weighted by molar-refractivity contribution is 0.320.